The Bertz CT molecular complexity index is 415. The molecule has 0 heterocycles. The Labute approximate surface area is 106 Å². The van der Waals surface area contributed by atoms with Gasteiger partial charge in [0, 0.05) is 12.6 Å². The van der Waals surface area contributed by atoms with Crippen molar-refractivity contribution in [3.05, 3.63) is 30.1 Å². The van der Waals surface area contributed by atoms with Gasteiger partial charge >= 0.3 is 0 Å². The fraction of sp³-hybridized carbons (Fsp3) is 0.462. The predicted octanol–water partition coefficient (Wildman–Crippen LogP) is 1.48. The van der Waals surface area contributed by atoms with E-state index >= 15 is 0 Å². The highest BCUT2D eigenvalue weighted by Gasteiger charge is 2.18. The van der Waals surface area contributed by atoms with E-state index in [4.69, 9.17) is 4.74 Å². The number of carbonyl (C=O) groups is 1. The minimum Gasteiger partial charge on any atom is -0.481 e. The van der Waals surface area contributed by atoms with Gasteiger partial charge in [0.15, 0.2) is 6.10 Å². The molecule has 0 fully saturated rings. The lowest BCUT2D eigenvalue weighted by atomic mass is 10.1. The maximum absolute atomic E-state index is 12.9. The number of nitrogens with one attached hydrogen (secondary N) is 1. The molecule has 2 N–H and O–H groups in total. The van der Waals surface area contributed by atoms with E-state index in [-0.39, 0.29) is 12.5 Å². The van der Waals surface area contributed by atoms with E-state index < -0.39 is 17.5 Å². The van der Waals surface area contributed by atoms with Gasteiger partial charge in [0.05, 0.1) is 5.60 Å². The number of amides is 1. The summed E-state index contributed by atoms with van der Waals surface area (Å²) in [6, 6.07) is 5.58. The zero-order chi connectivity index (χ0) is 13.8. The molecule has 0 aliphatic carbocycles. The van der Waals surface area contributed by atoms with Gasteiger partial charge in [-0.05, 0) is 32.9 Å². The van der Waals surface area contributed by atoms with E-state index in [0.29, 0.717) is 5.75 Å². The number of ether oxygens (including phenoxy) is 1. The molecule has 0 spiro atoms. The van der Waals surface area contributed by atoms with Crippen molar-refractivity contribution in [2.24, 2.45) is 0 Å². The van der Waals surface area contributed by atoms with Crippen molar-refractivity contribution >= 4 is 5.91 Å². The monoisotopic (exact) mass is 255 g/mol. The van der Waals surface area contributed by atoms with Crippen LogP contribution in [0.2, 0.25) is 0 Å². The fourth-order valence-corrected chi connectivity index (χ4v) is 1.25. The first-order valence-corrected chi connectivity index (χ1v) is 5.70. The van der Waals surface area contributed by atoms with Crippen LogP contribution in [0.3, 0.4) is 0 Å². The van der Waals surface area contributed by atoms with Crippen LogP contribution < -0.4 is 10.1 Å². The molecule has 4 nitrogen and oxygen atoms in total. The lowest BCUT2D eigenvalue weighted by Gasteiger charge is -2.20. The quantitative estimate of drug-likeness (QED) is 0.838. The van der Waals surface area contributed by atoms with Gasteiger partial charge in [-0.15, -0.1) is 0 Å². The van der Waals surface area contributed by atoms with Crippen LogP contribution in [-0.4, -0.2) is 29.3 Å². The highest BCUT2D eigenvalue weighted by atomic mass is 19.1. The molecular weight excluding hydrogens is 237 g/mol. The van der Waals surface area contributed by atoms with Crippen LogP contribution in [0.15, 0.2) is 24.3 Å². The van der Waals surface area contributed by atoms with E-state index in [0.717, 1.165) is 0 Å². The lowest BCUT2D eigenvalue weighted by Crippen LogP contribution is -2.43. The van der Waals surface area contributed by atoms with Crippen molar-refractivity contribution in [2.75, 3.05) is 6.54 Å². The molecule has 0 saturated carbocycles. The van der Waals surface area contributed by atoms with Gasteiger partial charge in [-0.25, -0.2) is 4.39 Å². The molecule has 0 radical (unpaired) electrons. The highest BCUT2D eigenvalue weighted by Crippen LogP contribution is 2.13. The van der Waals surface area contributed by atoms with Crippen LogP contribution in [0, 0.1) is 5.82 Å². The van der Waals surface area contributed by atoms with Gasteiger partial charge in [0.25, 0.3) is 5.91 Å². The van der Waals surface area contributed by atoms with Gasteiger partial charge in [-0.2, -0.15) is 0 Å². The predicted molar refractivity (Wildman–Crippen MR) is 65.8 cm³/mol. The highest BCUT2D eigenvalue weighted by molar-refractivity contribution is 5.80. The SMILES string of the molecule is CC(Oc1cccc(F)c1)C(=O)NCC(C)(C)O. The molecular formula is C13H18FNO3. The van der Waals surface area contributed by atoms with Crippen LogP contribution in [0.5, 0.6) is 5.75 Å². The topological polar surface area (TPSA) is 58.6 Å². The second-order valence-corrected chi connectivity index (χ2v) is 4.75. The normalized spacial score (nSPS) is 12.9. The Morgan fingerprint density at radius 1 is 1.56 bits per heavy atom. The van der Waals surface area contributed by atoms with Crippen LogP contribution in [-0.2, 0) is 4.79 Å². The third-order valence-corrected chi connectivity index (χ3v) is 2.17. The third kappa shape index (κ3) is 5.14. The lowest BCUT2D eigenvalue weighted by molar-refractivity contribution is -0.128. The van der Waals surface area contributed by atoms with Crippen LogP contribution in [0.1, 0.15) is 20.8 Å². The summed E-state index contributed by atoms with van der Waals surface area (Å²) in [5, 5.41) is 12.0. The summed E-state index contributed by atoms with van der Waals surface area (Å²) in [4.78, 5) is 11.6. The molecule has 1 aromatic carbocycles. The third-order valence-electron chi connectivity index (χ3n) is 2.17. The smallest absolute Gasteiger partial charge is 0.260 e. The number of aliphatic hydroxyl groups is 1. The largest absolute Gasteiger partial charge is 0.481 e. The Morgan fingerprint density at radius 3 is 2.78 bits per heavy atom. The number of hydrogen-bond acceptors (Lipinski definition) is 3. The summed E-state index contributed by atoms with van der Waals surface area (Å²) >= 11 is 0. The average molecular weight is 255 g/mol. The molecule has 1 unspecified atom stereocenters. The Hall–Kier alpha value is -1.62. The molecule has 1 rings (SSSR count). The second kappa shape index (κ2) is 5.82. The maximum Gasteiger partial charge on any atom is 0.260 e. The molecule has 18 heavy (non-hydrogen) atoms. The maximum atomic E-state index is 12.9. The van der Waals surface area contributed by atoms with Gasteiger partial charge < -0.3 is 15.2 Å². The van der Waals surface area contributed by atoms with Crippen molar-refractivity contribution in [3.63, 3.8) is 0 Å². The zero-order valence-electron chi connectivity index (χ0n) is 10.7. The Morgan fingerprint density at radius 2 is 2.22 bits per heavy atom. The number of carbonyl (C=O) groups excluding carboxylic acids is 1. The molecule has 0 aliphatic rings. The zero-order valence-corrected chi connectivity index (χ0v) is 10.7. The van der Waals surface area contributed by atoms with Crippen molar-refractivity contribution in [2.45, 2.75) is 32.5 Å². The van der Waals surface area contributed by atoms with Crippen LogP contribution in [0.25, 0.3) is 0 Å². The molecule has 0 saturated heterocycles. The number of halogens is 1. The minimum atomic E-state index is -0.978. The number of hydrogen-bond donors (Lipinski definition) is 2. The first kappa shape index (κ1) is 14.4. The summed E-state index contributed by atoms with van der Waals surface area (Å²) in [5.74, 6) is -0.487. The molecule has 0 bridgehead atoms. The molecule has 0 aromatic heterocycles. The van der Waals surface area contributed by atoms with E-state index in [1.807, 2.05) is 0 Å². The van der Waals surface area contributed by atoms with Gasteiger partial charge in [-0.1, -0.05) is 6.07 Å². The molecule has 0 aliphatic heterocycles. The summed E-state index contributed by atoms with van der Waals surface area (Å²) in [6.07, 6.45) is -0.755. The summed E-state index contributed by atoms with van der Waals surface area (Å²) < 4.78 is 18.2. The van der Waals surface area contributed by atoms with E-state index in [1.54, 1.807) is 26.8 Å². The van der Waals surface area contributed by atoms with E-state index in [2.05, 4.69) is 5.32 Å². The van der Waals surface area contributed by atoms with Gasteiger partial charge in [0.1, 0.15) is 11.6 Å². The minimum absolute atomic E-state index is 0.128. The molecule has 1 amide bonds. The molecule has 1 atom stereocenters. The molecule has 1 aromatic rings. The van der Waals surface area contributed by atoms with Crippen LogP contribution in [0.4, 0.5) is 4.39 Å². The van der Waals surface area contributed by atoms with Crippen molar-refractivity contribution in [1.82, 2.24) is 5.32 Å². The summed E-state index contributed by atoms with van der Waals surface area (Å²) in [6.45, 7) is 4.87. The Kier molecular flexibility index (Phi) is 4.67. The molecule has 100 valence electrons. The van der Waals surface area contributed by atoms with Gasteiger partial charge in [0.2, 0.25) is 0 Å². The first-order valence-electron chi connectivity index (χ1n) is 5.70. The summed E-state index contributed by atoms with van der Waals surface area (Å²) in [7, 11) is 0. The fourth-order valence-electron chi connectivity index (χ4n) is 1.25. The van der Waals surface area contributed by atoms with E-state index in [9.17, 15) is 14.3 Å². The van der Waals surface area contributed by atoms with Crippen molar-refractivity contribution in [1.29, 1.82) is 0 Å². The van der Waals surface area contributed by atoms with Crippen LogP contribution >= 0.6 is 0 Å². The van der Waals surface area contributed by atoms with Gasteiger partial charge in [-0.3, -0.25) is 4.79 Å². The second-order valence-electron chi connectivity index (χ2n) is 4.75. The first-order chi connectivity index (χ1) is 8.28. The number of rotatable bonds is 5. The van der Waals surface area contributed by atoms with E-state index in [1.165, 1.54) is 18.2 Å². The Balaban J connectivity index is 2.50. The molecule has 5 heteroatoms. The average Bonchev–Trinajstić information content (AvgIpc) is 2.24. The standard InChI is InChI=1S/C13H18FNO3/c1-9(12(16)15-8-13(2,3)17)18-11-6-4-5-10(14)7-11/h4-7,9,17H,8H2,1-3H3,(H,15,16). The van der Waals surface area contributed by atoms with Crippen molar-refractivity contribution < 1.29 is 19.0 Å². The van der Waals surface area contributed by atoms with Crippen molar-refractivity contribution in [3.8, 4) is 5.75 Å². The number of benzene rings is 1. The summed E-state index contributed by atoms with van der Waals surface area (Å²) in [5.41, 5.74) is -0.978.